The molecule has 2 rings (SSSR count). The zero-order valence-electron chi connectivity index (χ0n) is 11.1. The third-order valence-corrected chi connectivity index (χ3v) is 2.69. The van der Waals surface area contributed by atoms with Crippen molar-refractivity contribution in [2.75, 3.05) is 0 Å². The van der Waals surface area contributed by atoms with E-state index in [4.69, 9.17) is 16.3 Å². The Morgan fingerprint density at radius 2 is 1.71 bits per heavy atom. The van der Waals surface area contributed by atoms with E-state index < -0.39 is 0 Å². The Labute approximate surface area is 122 Å². The van der Waals surface area contributed by atoms with Gasteiger partial charge in [0, 0.05) is 23.5 Å². The van der Waals surface area contributed by atoms with Gasteiger partial charge < -0.3 is 5.73 Å². The highest BCUT2D eigenvalue weighted by Crippen LogP contribution is 2.13. The molecule has 0 saturated carbocycles. The van der Waals surface area contributed by atoms with E-state index in [2.05, 4.69) is 9.98 Å². The van der Waals surface area contributed by atoms with Crippen LogP contribution in [0.1, 0.15) is 11.1 Å². The molecular weight excluding hydrogens is 262 g/mol. The number of allylic oxidation sites excluding steroid dienone is 2. The van der Waals surface area contributed by atoms with Crippen LogP contribution in [0.3, 0.4) is 0 Å². The summed E-state index contributed by atoms with van der Waals surface area (Å²) in [6.45, 7) is 0. The van der Waals surface area contributed by atoms with Gasteiger partial charge in [-0.15, -0.1) is 0 Å². The van der Waals surface area contributed by atoms with E-state index >= 15 is 0 Å². The van der Waals surface area contributed by atoms with Crippen molar-refractivity contribution in [3.05, 3.63) is 77.4 Å². The Hall–Kier alpha value is -3.44. The van der Waals surface area contributed by atoms with Crippen LogP contribution >= 0.6 is 0 Å². The zero-order valence-corrected chi connectivity index (χ0v) is 11.1. The molecule has 21 heavy (non-hydrogen) atoms. The molecule has 0 amide bonds. The average Bonchev–Trinajstić information content (AvgIpc) is 2.57. The number of hydrogen-bond donors (Lipinski definition) is 1. The van der Waals surface area contributed by atoms with Crippen molar-refractivity contribution in [2.24, 2.45) is 10.7 Å². The van der Waals surface area contributed by atoms with Crippen LogP contribution in [0.5, 0.6) is 0 Å². The van der Waals surface area contributed by atoms with Crippen LogP contribution in [0.15, 0.2) is 71.2 Å². The van der Waals surface area contributed by atoms with Crippen LogP contribution < -0.4 is 5.73 Å². The van der Waals surface area contributed by atoms with Crippen LogP contribution in [0, 0.1) is 22.7 Å². The summed E-state index contributed by atoms with van der Waals surface area (Å²) in [4.78, 5) is 8.31. The summed E-state index contributed by atoms with van der Waals surface area (Å²) in [6, 6.07) is 16.5. The van der Waals surface area contributed by atoms with Crippen LogP contribution in [-0.2, 0) is 0 Å². The molecule has 0 spiro atoms. The van der Waals surface area contributed by atoms with E-state index in [9.17, 15) is 0 Å². The predicted octanol–water partition coefficient (Wildman–Crippen LogP) is 2.14. The van der Waals surface area contributed by atoms with Gasteiger partial charge in [0.1, 0.15) is 17.8 Å². The molecule has 0 radical (unpaired) electrons. The van der Waals surface area contributed by atoms with Gasteiger partial charge in [0.25, 0.3) is 0 Å². The first kappa shape index (κ1) is 14.0. The SMILES string of the molecule is N#CC(N)=C(C#N)N=C(c1ccccc1)c1cccnc1. The molecule has 2 aromatic rings. The van der Waals surface area contributed by atoms with Gasteiger partial charge >= 0.3 is 0 Å². The molecule has 0 aliphatic rings. The van der Waals surface area contributed by atoms with Crippen molar-refractivity contribution < 1.29 is 0 Å². The fourth-order valence-electron chi connectivity index (χ4n) is 1.70. The summed E-state index contributed by atoms with van der Waals surface area (Å²) < 4.78 is 0. The van der Waals surface area contributed by atoms with E-state index in [1.807, 2.05) is 42.5 Å². The Morgan fingerprint density at radius 3 is 2.29 bits per heavy atom. The molecule has 2 N–H and O–H groups in total. The van der Waals surface area contributed by atoms with Gasteiger partial charge in [-0.1, -0.05) is 30.3 Å². The van der Waals surface area contributed by atoms with Crippen molar-refractivity contribution in [2.45, 2.75) is 0 Å². The minimum Gasteiger partial charge on any atom is -0.388 e. The molecule has 1 aromatic carbocycles. The molecule has 1 aromatic heterocycles. The normalized spacial score (nSPS) is 12.0. The lowest BCUT2D eigenvalue weighted by Crippen LogP contribution is -2.06. The molecule has 0 saturated heterocycles. The Morgan fingerprint density at radius 1 is 1.00 bits per heavy atom. The van der Waals surface area contributed by atoms with Crippen molar-refractivity contribution in [1.29, 1.82) is 10.5 Å². The smallest absolute Gasteiger partial charge is 0.175 e. The Kier molecular flexibility index (Phi) is 4.42. The number of nitrogens with zero attached hydrogens (tertiary/aromatic N) is 4. The van der Waals surface area contributed by atoms with E-state index in [0.717, 1.165) is 11.1 Å². The summed E-state index contributed by atoms with van der Waals surface area (Å²) in [6.07, 6.45) is 3.29. The third kappa shape index (κ3) is 3.31. The van der Waals surface area contributed by atoms with Gasteiger partial charge in [0.2, 0.25) is 0 Å². The molecule has 0 bridgehead atoms. The molecule has 0 aliphatic heterocycles. The largest absolute Gasteiger partial charge is 0.388 e. The molecular formula is C16H11N5. The number of hydrogen-bond acceptors (Lipinski definition) is 5. The highest BCUT2D eigenvalue weighted by molar-refractivity contribution is 6.13. The molecule has 5 heteroatoms. The molecule has 5 nitrogen and oxygen atoms in total. The first-order valence-electron chi connectivity index (χ1n) is 6.10. The molecule has 100 valence electrons. The summed E-state index contributed by atoms with van der Waals surface area (Å²) >= 11 is 0. The summed E-state index contributed by atoms with van der Waals surface area (Å²) in [5.74, 6) is 0. The van der Waals surface area contributed by atoms with Crippen molar-refractivity contribution in [1.82, 2.24) is 4.98 Å². The summed E-state index contributed by atoms with van der Waals surface area (Å²) in [7, 11) is 0. The lowest BCUT2D eigenvalue weighted by atomic mass is 10.0. The highest BCUT2D eigenvalue weighted by Gasteiger charge is 2.09. The molecule has 1 heterocycles. The van der Waals surface area contributed by atoms with E-state index in [0.29, 0.717) is 5.71 Å². The first-order chi connectivity index (χ1) is 10.3. The topological polar surface area (TPSA) is 98.8 Å². The van der Waals surface area contributed by atoms with Gasteiger partial charge in [-0.2, -0.15) is 10.5 Å². The van der Waals surface area contributed by atoms with Crippen molar-refractivity contribution in [3.8, 4) is 12.1 Å². The molecule has 0 atom stereocenters. The second-order valence-corrected chi connectivity index (χ2v) is 4.05. The number of nitrogens with two attached hydrogens (primary N) is 1. The van der Waals surface area contributed by atoms with Gasteiger partial charge in [-0.25, -0.2) is 4.99 Å². The average molecular weight is 273 g/mol. The van der Waals surface area contributed by atoms with Crippen molar-refractivity contribution in [3.63, 3.8) is 0 Å². The standard InChI is InChI=1S/C16H11N5/c17-9-14(19)15(10-18)21-16(12-5-2-1-3-6-12)13-7-4-8-20-11-13/h1-8,11H,19H2. The monoisotopic (exact) mass is 273 g/mol. The highest BCUT2D eigenvalue weighted by atomic mass is 14.8. The number of pyridine rings is 1. The van der Waals surface area contributed by atoms with Crippen LogP contribution in [-0.4, -0.2) is 10.7 Å². The summed E-state index contributed by atoms with van der Waals surface area (Å²) in [5.41, 5.74) is 7.27. The van der Waals surface area contributed by atoms with Crippen LogP contribution in [0.2, 0.25) is 0 Å². The second-order valence-electron chi connectivity index (χ2n) is 4.05. The van der Waals surface area contributed by atoms with Gasteiger partial charge in [0.15, 0.2) is 5.70 Å². The summed E-state index contributed by atoms with van der Waals surface area (Å²) in [5, 5.41) is 17.9. The Balaban J connectivity index is 2.64. The first-order valence-corrected chi connectivity index (χ1v) is 6.10. The fourth-order valence-corrected chi connectivity index (χ4v) is 1.70. The Bertz CT molecular complexity index is 720. The van der Waals surface area contributed by atoms with E-state index in [1.165, 1.54) is 0 Å². The maximum absolute atomic E-state index is 9.11. The number of aromatic nitrogens is 1. The lowest BCUT2D eigenvalue weighted by molar-refractivity contribution is 1.25. The van der Waals surface area contributed by atoms with Crippen LogP contribution in [0.25, 0.3) is 0 Å². The molecule has 0 fully saturated rings. The fraction of sp³-hybridized carbons (Fsp3) is 0. The van der Waals surface area contributed by atoms with E-state index in [-0.39, 0.29) is 11.4 Å². The number of rotatable bonds is 3. The second kappa shape index (κ2) is 6.65. The maximum Gasteiger partial charge on any atom is 0.175 e. The number of benzene rings is 1. The predicted molar refractivity (Wildman–Crippen MR) is 78.8 cm³/mol. The quantitative estimate of drug-likeness (QED) is 0.684. The van der Waals surface area contributed by atoms with Gasteiger partial charge in [-0.3, -0.25) is 4.98 Å². The minimum absolute atomic E-state index is 0.111. The zero-order chi connectivity index (χ0) is 15.1. The van der Waals surface area contributed by atoms with Crippen molar-refractivity contribution >= 4 is 5.71 Å². The third-order valence-electron chi connectivity index (χ3n) is 2.69. The molecule has 0 unspecified atom stereocenters. The lowest BCUT2D eigenvalue weighted by Gasteiger charge is -2.06. The van der Waals surface area contributed by atoms with Gasteiger partial charge in [-0.05, 0) is 12.1 Å². The number of nitriles is 2. The van der Waals surface area contributed by atoms with Gasteiger partial charge in [0.05, 0.1) is 5.71 Å². The van der Waals surface area contributed by atoms with Crippen LogP contribution in [0.4, 0.5) is 0 Å². The van der Waals surface area contributed by atoms with E-state index in [1.54, 1.807) is 24.5 Å². The number of aliphatic imine (C=N–C) groups is 1. The maximum atomic E-state index is 9.11. The minimum atomic E-state index is -0.213. The molecule has 0 aliphatic carbocycles.